The molecule has 0 aliphatic carbocycles. The van der Waals surface area contributed by atoms with Crippen molar-refractivity contribution in [3.05, 3.63) is 54.6 Å². The lowest BCUT2D eigenvalue weighted by molar-refractivity contribution is 1.79. The summed E-state index contributed by atoms with van der Waals surface area (Å²) >= 11 is 1.84. The van der Waals surface area contributed by atoms with Gasteiger partial charge in [-0.3, -0.25) is 0 Å². The number of fused-ring (bicyclic) bond motifs is 5. The van der Waals surface area contributed by atoms with Gasteiger partial charge in [-0.1, -0.05) is 36.4 Å². The fraction of sp³-hybridized carbons (Fsp3) is 0. The van der Waals surface area contributed by atoms with Gasteiger partial charge in [0, 0.05) is 25.9 Å². The van der Waals surface area contributed by atoms with Gasteiger partial charge in [0.1, 0.15) is 0 Å². The molecule has 0 amide bonds. The zero-order valence-corrected chi connectivity index (χ0v) is 10.5. The second-order valence-corrected chi connectivity index (χ2v) is 5.57. The Kier molecular flexibility index (Phi) is 1.91. The summed E-state index contributed by atoms with van der Waals surface area (Å²) in [7, 11) is 0. The molecule has 1 aromatic heterocycles. The molecule has 0 saturated carbocycles. The van der Waals surface area contributed by atoms with E-state index < -0.39 is 0 Å². The smallest absolute Gasteiger partial charge is 0.0433 e. The first-order chi connectivity index (χ1) is 8.83. The highest BCUT2D eigenvalue weighted by Gasteiger charge is 2.07. The van der Waals surface area contributed by atoms with Crippen LogP contribution >= 0.6 is 11.3 Å². The summed E-state index contributed by atoms with van der Waals surface area (Å²) in [5, 5.41) is 5.20. The minimum atomic E-state index is 0.829. The summed E-state index contributed by atoms with van der Waals surface area (Å²) in [5.41, 5.74) is 6.72. The van der Waals surface area contributed by atoms with Gasteiger partial charge in [-0.15, -0.1) is 11.3 Å². The van der Waals surface area contributed by atoms with Crippen molar-refractivity contribution in [3.8, 4) is 0 Å². The summed E-state index contributed by atoms with van der Waals surface area (Å²) in [5.74, 6) is 0. The third kappa shape index (κ3) is 1.27. The molecule has 86 valence electrons. The van der Waals surface area contributed by atoms with Crippen molar-refractivity contribution in [2.45, 2.75) is 0 Å². The van der Waals surface area contributed by atoms with Crippen LogP contribution in [0.3, 0.4) is 0 Å². The fourth-order valence-corrected chi connectivity index (χ4v) is 3.74. The Morgan fingerprint density at radius 2 is 1.67 bits per heavy atom. The van der Waals surface area contributed by atoms with Crippen molar-refractivity contribution in [2.24, 2.45) is 0 Å². The molecule has 0 bridgehead atoms. The number of thiophene rings is 1. The molecule has 18 heavy (non-hydrogen) atoms. The van der Waals surface area contributed by atoms with Crippen LogP contribution in [0.25, 0.3) is 30.9 Å². The van der Waals surface area contributed by atoms with Crippen molar-refractivity contribution >= 4 is 48.0 Å². The zero-order valence-electron chi connectivity index (χ0n) is 9.68. The van der Waals surface area contributed by atoms with Gasteiger partial charge >= 0.3 is 0 Å². The highest BCUT2D eigenvalue weighted by Crippen LogP contribution is 2.38. The Hall–Kier alpha value is -2.06. The van der Waals surface area contributed by atoms with Crippen LogP contribution in [-0.4, -0.2) is 0 Å². The minimum absolute atomic E-state index is 0.829. The van der Waals surface area contributed by atoms with Crippen LogP contribution in [0.2, 0.25) is 0 Å². The molecule has 0 aliphatic heterocycles. The van der Waals surface area contributed by atoms with E-state index in [1.165, 1.54) is 30.9 Å². The van der Waals surface area contributed by atoms with Crippen molar-refractivity contribution in [1.29, 1.82) is 0 Å². The van der Waals surface area contributed by atoms with E-state index in [4.69, 9.17) is 5.73 Å². The number of benzene rings is 3. The lowest BCUT2D eigenvalue weighted by atomic mass is 10.1. The molecule has 0 saturated heterocycles. The van der Waals surface area contributed by atoms with Crippen LogP contribution in [0.4, 0.5) is 5.69 Å². The third-order valence-electron chi connectivity index (χ3n) is 3.39. The van der Waals surface area contributed by atoms with E-state index in [0.29, 0.717) is 0 Å². The van der Waals surface area contributed by atoms with E-state index in [1.54, 1.807) is 0 Å². The molecule has 2 N–H and O–H groups in total. The highest BCUT2D eigenvalue weighted by atomic mass is 32.1. The summed E-state index contributed by atoms with van der Waals surface area (Å²) < 4.78 is 2.66. The molecule has 4 rings (SSSR count). The molecular weight excluding hydrogens is 238 g/mol. The van der Waals surface area contributed by atoms with E-state index in [2.05, 4.69) is 48.5 Å². The SMILES string of the molecule is Nc1ccc2sc3c4ccccc4ccc3c2c1. The van der Waals surface area contributed by atoms with Crippen LogP contribution < -0.4 is 5.73 Å². The van der Waals surface area contributed by atoms with Crippen molar-refractivity contribution < 1.29 is 0 Å². The van der Waals surface area contributed by atoms with E-state index in [9.17, 15) is 0 Å². The Balaban J connectivity index is 2.30. The first kappa shape index (κ1) is 9.92. The van der Waals surface area contributed by atoms with Gasteiger partial charge in [0.15, 0.2) is 0 Å². The highest BCUT2D eigenvalue weighted by molar-refractivity contribution is 7.26. The molecular formula is C16H11NS. The van der Waals surface area contributed by atoms with Crippen molar-refractivity contribution in [1.82, 2.24) is 0 Å². The van der Waals surface area contributed by atoms with Gasteiger partial charge in [0.05, 0.1) is 0 Å². The third-order valence-corrected chi connectivity index (χ3v) is 4.61. The molecule has 3 aromatic carbocycles. The molecule has 0 spiro atoms. The second kappa shape index (κ2) is 3.47. The number of hydrogen-bond donors (Lipinski definition) is 1. The molecule has 0 radical (unpaired) electrons. The lowest BCUT2D eigenvalue weighted by Gasteiger charge is -1.98. The van der Waals surface area contributed by atoms with E-state index in [-0.39, 0.29) is 0 Å². The first-order valence-electron chi connectivity index (χ1n) is 5.92. The van der Waals surface area contributed by atoms with Crippen LogP contribution in [0, 0.1) is 0 Å². The Morgan fingerprint density at radius 1 is 0.778 bits per heavy atom. The minimum Gasteiger partial charge on any atom is -0.399 e. The largest absolute Gasteiger partial charge is 0.399 e. The number of anilines is 1. The summed E-state index contributed by atoms with van der Waals surface area (Å²) in [4.78, 5) is 0. The number of hydrogen-bond acceptors (Lipinski definition) is 2. The van der Waals surface area contributed by atoms with Crippen LogP contribution in [0.5, 0.6) is 0 Å². The average molecular weight is 249 g/mol. The summed E-state index contributed by atoms with van der Waals surface area (Å²) in [6.45, 7) is 0. The second-order valence-electron chi connectivity index (χ2n) is 4.52. The topological polar surface area (TPSA) is 26.0 Å². The molecule has 0 unspecified atom stereocenters. The van der Waals surface area contributed by atoms with Gasteiger partial charge in [-0.25, -0.2) is 0 Å². The van der Waals surface area contributed by atoms with Crippen molar-refractivity contribution in [2.75, 3.05) is 5.73 Å². The Morgan fingerprint density at radius 3 is 2.61 bits per heavy atom. The lowest BCUT2D eigenvalue weighted by Crippen LogP contribution is -1.81. The maximum Gasteiger partial charge on any atom is 0.0433 e. The van der Waals surface area contributed by atoms with Crippen LogP contribution in [0.1, 0.15) is 0 Å². The summed E-state index contributed by atoms with van der Waals surface area (Å²) in [6.07, 6.45) is 0. The molecule has 4 aromatic rings. The van der Waals surface area contributed by atoms with Gasteiger partial charge in [0.2, 0.25) is 0 Å². The predicted molar refractivity (Wildman–Crippen MR) is 81.2 cm³/mol. The van der Waals surface area contributed by atoms with Gasteiger partial charge in [0.25, 0.3) is 0 Å². The quantitative estimate of drug-likeness (QED) is 0.445. The van der Waals surface area contributed by atoms with E-state index >= 15 is 0 Å². The Labute approximate surface area is 108 Å². The zero-order chi connectivity index (χ0) is 12.1. The van der Waals surface area contributed by atoms with Gasteiger partial charge < -0.3 is 5.73 Å². The van der Waals surface area contributed by atoms with Crippen LogP contribution in [0.15, 0.2) is 54.6 Å². The first-order valence-corrected chi connectivity index (χ1v) is 6.74. The fourth-order valence-electron chi connectivity index (χ4n) is 2.52. The molecule has 0 atom stereocenters. The molecule has 0 aliphatic rings. The van der Waals surface area contributed by atoms with Gasteiger partial charge in [-0.05, 0) is 29.0 Å². The predicted octanol–water partition coefficient (Wildman–Crippen LogP) is 4.79. The van der Waals surface area contributed by atoms with E-state index in [0.717, 1.165) is 5.69 Å². The Bertz CT molecular complexity index is 889. The molecule has 2 heteroatoms. The average Bonchev–Trinajstić information content (AvgIpc) is 2.77. The molecule has 0 fully saturated rings. The van der Waals surface area contributed by atoms with Crippen molar-refractivity contribution in [3.63, 3.8) is 0 Å². The number of nitrogens with two attached hydrogens (primary N) is 1. The summed E-state index contributed by atoms with van der Waals surface area (Å²) in [6, 6.07) is 19.1. The van der Waals surface area contributed by atoms with Crippen LogP contribution in [-0.2, 0) is 0 Å². The maximum absolute atomic E-state index is 5.89. The molecule has 1 nitrogen and oxygen atoms in total. The normalized spacial score (nSPS) is 11.6. The number of nitrogen functional groups attached to an aromatic ring is 1. The monoisotopic (exact) mass is 249 g/mol. The molecule has 1 heterocycles. The number of rotatable bonds is 0. The van der Waals surface area contributed by atoms with E-state index in [1.807, 2.05) is 17.4 Å². The van der Waals surface area contributed by atoms with Gasteiger partial charge in [-0.2, -0.15) is 0 Å². The standard InChI is InChI=1S/C16H11NS/c17-11-6-8-15-14(9-11)13-7-5-10-3-1-2-4-12(10)16(13)18-15/h1-9H,17H2. The maximum atomic E-state index is 5.89.